The molecule has 0 saturated carbocycles. The topological polar surface area (TPSA) is 9.23 Å². The molecule has 0 spiro atoms. The van der Waals surface area contributed by atoms with Crippen LogP contribution in [-0.2, 0) is 0 Å². The molecule has 0 aliphatic rings. The first-order valence-corrected chi connectivity index (χ1v) is 4.11. The highest BCUT2D eigenvalue weighted by Gasteiger charge is 2.29. The molecular formula is C8H7BF5O-. The highest BCUT2D eigenvalue weighted by atomic mass is 19.4. The van der Waals surface area contributed by atoms with Crippen molar-refractivity contribution in [2.75, 3.05) is 6.61 Å². The molecule has 0 amide bonds. The number of para-hydroxylation sites is 1. The van der Waals surface area contributed by atoms with Crippen LogP contribution in [0, 0.1) is 0 Å². The highest BCUT2D eigenvalue weighted by molar-refractivity contribution is 6.74. The Bertz CT molecular complexity index is 325. The van der Waals surface area contributed by atoms with Crippen molar-refractivity contribution in [3.8, 4) is 5.75 Å². The summed E-state index contributed by atoms with van der Waals surface area (Å²) in [4.78, 5) is 0. The molecule has 0 aromatic heterocycles. The molecule has 7 heteroatoms. The van der Waals surface area contributed by atoms with Crippen LogP contribution < -0.4 is 10.2 Å². The summed E-state index contributed by atoms with van der Waals surface area (Å²) in [5.41, 5.74) is -0.988. The Morgan fingerprint density at radius 2 is 1.73 bits per heavy atom. The van der Waals surface area contributed by atoms with E-state index >= 15 is 0 Å². The van der Waals surface area contributed by atoms with E-state index in [-0.39, 0.29) is 0 Å². The van der Waals surface area contributed by atoms with Gasteiger partial charge in [0.15, 0.2) is 0 Å². The summed E-state index contributed by atoms with van der Waals surface area (Å²) >= 11 is 0. The van der Waals surface area contributed by atoms with Gasteiger partial charge in [-0.05, 0) is 6.07 Å². The molecule has 1 aromatic carbocycles. The first-order valence-electron chi connectivity index (χ1n) is 4.11. The third kappa shape index (κ3) is 3.41. The fraction of sp³-hybridized carbons (Fsp3) is 0.250. The molecule has 0 bridgehead atoms. The Hall–Kier alpha value is -1.27. The van der Waals surface area contributed by atoms with Crippen molar-refractivity contribution < 1.29 is 26.5 Å². The maximum absolute atomic E-state index is 12.4. The predicted molar refractivity (Wildman–Crippen MR) is 46.7 cm³/mol. The predicted octanol–water partition coefficient (Wildman–Crippen LogP) is 2.38. The lowest BCUT2D eigenvalue weighted by atomic mass is 9.79. The average molecular weight is 225 g/mol. The van der Waals surface area contributed by atoms with Gasteiger partial charge in [0.2, 0.25) is 0 Å². The summed E-state index contributed by atoms with van der Waals surface area (Å²) in [6.45, 7) is -6.28. The number of hydrogen-bond donors (Lipinski definition) is 0. The molecule has 1 aromatic rings. The fourth-order valence-electron chi connectivity index (χ4n) is 1.04. The largest absolute Gasteiger partial charge is 0.513 e. The molecule has 0 saturated heterocycles. The van der Waals surface area contributed by atoms with Gasteiger partial charge in [0.25, 0.3) is 6.43 Å². The van der Waals surface area contributed by atoms with Crippen LogP contribution in [0.15, 0.2) is 24.3 Å². The monoisotopic (exact) mass is 225 g/mol. The Labute approximate surface area is 82.9 Å². The second kappa shape index (κ2) is 4.50. The molecule has 0 unspecified atom stereocenters. The number of hydrogen-bond acceptors (Lipinski definition) is 1. The van der Waals surface area contributed by atoms with Crippen LogP contribution >= 0.6 is 0 Å². The van der Waals surface area contributed by atoms with Crippen LogP contribution in [0.2, 0.25) is 0 Å². The summed E-state index contributed by atoms with van der Waals surface area (Å²) in [5.74, 6) is -0.551. The van der Waals surface area contributed by atoms with Gasteiger partial charge in [-0.15, -0.1) is 0 Å². The van der Waals surface area contributed by atoms with Crippen LogP contribution in [-0.4, -0.2) is 20.0 Å². The molecule has 0 atom stereocenters. The number of benzene rings is 1. The van der Waals surface area contributed by atoms with E-state index in [0.717, 1.165) is 12.1 Å². The average Bonchev–Trinajstić information content (AvgIpc) is 2.13. The normalized spacial score (nSPS) is 11.9. The van der Waals surface area contributed by atoms with E-state index in [9.17, 15) is 21.7 Å². The quantitative estimate of drug-likeness (QED) is 0.564. The third-order valence-electron chi connectivity index (χ3n) is 1.64. The van der Waals surface area contributed by atoms with E-state index in [4.69, 9.17) is 0 Å². The molecule has 0 fully saturated rings. The zero-order valence-corrected chi connectivity index (χ0v) is 7.47. The molecule has 84 valence electrons. The van der Waals surface area contributed by atoms with Crippen molar-refractivity contribution in [1.82, 2.24) is 0 Å². The van der Waals surface area contributed by atoms with Gasteiger partial charge in [-0.1, -0.05) is 23.7 Å². The lowest BCUT2D eigenvalue weighted by Crippen LogP contribution is -2.35. The van der Waals surface area contributed by atoms with E-state index in [1.807, 2.05) is 0 Å². The molecule has 0 aliphatic carbocycles. The minimum atomic E-state index is -5.24. The van der Waals surface area contributed by atoms with Gasteiger partial charge >= 0.3 is 6.98 Å². The van der Waals surface area contributed by atoms with E-state index < -0.39 is 31.2 Å². The van der Waals surface area contributed by atoms with Crippen LogP contribution in [0.3, 0.4) is 0 Å². The van der Waals surface area contributed by atoms with Crippen molar-refractivity contribution in [3.63, 3.8) is 0 Å². The van der Waals surface area contributed by atoms with Crippen molar-refractivity contribution in [1.29, 1.82) is 0 Å². The Balaban J connectivity index is 2.87. The van der Waals surface area contributed by atoms with Gasteiger partial charge in [0.1, 0.15) is 6.61 Å². The van der Waals surface area contributed by atoms with Gasteiger partial charge in [-0.25, -0.2) is 8.78 Å². The highest BCUT2D eigenvalue weighted by Crippen LogP contribution is 2.17. The summed E-state index contributed by atoms with van der Waals surface area (Å²) < 4.78 is 65.0. The molecular weight excluding hydrogens is 218 g/mol. The molecule has 15 heavy (non-hydrogen) atoms. The van der Waals surface area contributed by atoms with Crippen molar-refractivity contribution >= 4 is 12.4 Å². The first kappa shape index (κ1) is 11.8. The van der Waals surface area contributed by atoms with Gasteiger partial charge in [-0.3, -0.25) is 0 Å². The summed E-state index contributed by atoms with van der Waals surface area (Å²) in [6, 6.07) is 4.31. The smallest absolute Gasteiger partial charge is 0.491 e. The summed E-state index contributed by atoms with van der Waals surface area (Å²) in [6.07, 6.45) is -2.79. The standard InChI is InChI=1S/C8H7BF5O/c10-8(11)5-15-7-4-2-1-3-6(7)9(12,13)14/h1-4,8H,5H2/q-1. The van der Waals surface area contributed by atoms with Crippen molar-refractivity contribution in [2.24, 2.45) is 0 Å². The number of rotatable bonds is 4. The SMILES string of the molecule is FC(F)COc1ccccc1[B-](F)(F)F. The lowest BCUT2D eigenvalue weighted by Gasteiger charge is -2.19. The maximum atomic E-state index is 12.4. The third-order valence-corrected chi connectivity index (χ3v) is 1.64. The van der Waals surface area contributed by atoms with Gasteiger partial charge in [0, 0.05) is 0 Å². The van der Waals surface area contributed by atoms with Crippen LogP contribution in [0.25, 0.3) is 0 Å². The molecule has 1 rings (SSSR count). The number of halogens is 5. The van der Waals surface area contributed by atoms with E-state index in [1.165, 1.54) is 12.1 Å². The minimum Gasteiger partial charge on any atom is -0.491 e. The van der Waals surface area contributed by atoms with Crippen LogP contribution in [0.5, 0.6) is 5.75 Å². The van der Waals surface area contributed by atoms with E-state index in [1.54, 1.807) is 0 Å². The second-order valence-corrected chi connectivity index (χ2v) is 2.81. The molecule has 0 heterocycles. The van der Waals surface area contributed by atoms with Crippen molar-refractivity contribution in [2.45, 2.75) is 6.43 Å². The molecule has 0 N–H and O–H groups in total. The summed E-state index contributed by atoms with van der Waals surface area (Å²) in [7, 11) is 0. The Morgan fingerprint density at radius 1 is 1.13 bits per heavy atom. The molecule has 0 aliphatic heterocycles. The second-order valence-electron chi connectivity index (χ2n) is 2.81. The lowest BCUT2D eigenvalue weighted by molar-refractivity contribution is 0.0822. The van der Waals surface area contributed by atoms with Gasteiger partial charge in [0.05, 0.1) is 5.75 Å². The zero-order chi connectivity index (χ0) is 11.5. The fourth-order valence-corrected chi connectivity index (χ4v) is 1.04. The minimum absolute atomic E-state index is 0.551. The van der Waals surface area contributed by atoms with Gasteiger partial charge in [-0.2, -0.15) is 0 Å². The zero-order valence-electron chi connectivity index (χ0n) is 7.47. The molecule has 1 nitrogen and oxygen atoms in total. The van der Waals surface area contributed by atoms with Gasteiger partial charge < -0.3 is 17.7 Å². The van der Waals surface area contributed by atoms with E-state index in [0.29, 0.717) is 0 Å². The summed E-state index contributed by atoms with van der Waals surface area (Å²) in [5, 5.41) is 0. The molecule has 0 radical (unpaired) electrons. The maximum Gasteiger partial charge on any atom is 0.513 e. The Morgan fingerprint density at radius 3 is 2.27 bits per heavy atom. The Kier molecular flexibility index (Phi) is 3.54. The van der Waals surface area contributed by atoms with E-state index in [2.05, 4.69) is 4.74 Å². The number of ether oxygens (including phenoxy) is 1. The van der Waals surface area contributed by atoms with Crippen LogP contribution in [0.1, 0.15) is 0 Å². The number of alkyl halides is 2. The first-order chi connectivity index (χ1) is 6.91. The van der Waals surface area contributed by atoms with Crippen LogP contribution in [0.4, 0.5) is 21.7 Å². The van der Waals surface area contributed by atoms with Crippen molar-refractivity contribution in [3.05, 3.63) is 24.3 Å².